The molecule has 2 aromatic rings. The van der Waals surface area contributed by atoms with Crippen LogP contribution in [-0.2, 0) is 11.2 Å². The number of ether oxygens (including phenoxy) is 1. The molecule has 1 N–H and O–H groups in total. The lowest BCUT2D eigenvalue weighted by molar-refractivity contribution is -0.145. The molecule has 0 heterocycles. The van der Waals surface area contributed by atoms with Crippen molar-refractivity contribution in [2.45, 2.75) is 26.4 Å². The van der Waals surface area contributed by atoms with Crippen molar-refractivity contribution < 1.29 is 14.6 Å². The molecule has 0 amide bonds. The molecule has 0 saturated heterocycles. The Morgan fingerprint density at radius 1 is 1.09 bits per heavy atom. The van der Waals surface area contributed by atoms with Crippen LogP contribution < -0.4 is 4.74 Å². The first-order chi connectivity index (χ1) is 10.3. The van der Waals surface area contributed by atoms with Crippen LogP contribution >= 0.6 is 23.2 Å². The zero-order valence-electron chi connectivity index (χ0n) is 12.3. The highest BCUT2D eigenvalue weighted by molar-refractivity contribution is 6.42. The molecule has 0 aliphatic rings. The van der Waals surface area contributed by atoms with Crippen molar-refractivity contribution in [1.82, 2.24) is 0 Å². The molecular formula is C17H16Cl2O3. The van der Waals surface area contributed by atoms with E-state index >= 15 is 0 Å². The van der Waals surface area contributed by atoms with Crippen LogP contribution in [0, 0.1) is 13.8 Å². The lowest BCUT2D eigenvalue weighted by atomic mass is 10.1. The second-order valence-electron chi connectivity index (χ2n) is 5.22. The number of carbonyl (C=O) groups is 1. The molecule has 5 heteroatoms. The fraction of sp³-hybridized carbons (Fsp3) is 0.235. The molecule has 0 spiro atoms. The van der Waals surface area contributed by atoms with Crippen LogP contribution in [0.2, 0.25) is 10.0 Å². The summed E-state index contributed by atoms with van der Waals surface area (Å²) in [5.41, 5.74) is 2.80. The van der Waals surface area contributed by atoms with Crippen molar-refractivity contribution >= 4 is 29.2 Å². The Hall–Kier alpha value is -1.71. The third-order valence-corrected chi connectivity index (χ3v) is 3.89. The Kier molecular flexibility index (Phi) is 5.33. The van der Waals surface area contributed by atoms with Crippen LogP contribution in [0.1, 0.15) is 16.7 Å². The van der Waals surface area contributed by atoms with Gasteiger partial charge in [-0.05, 0) is 54.8 Å². The molecule has 1 atom stereocenters. The highest BCUT2D eigenvalue weighted by Gasteiger charge is 2.20. The smallest absolute Gasteiger partial charge is 0.345 e. The predicted octanol–water partition coefficient (Wildman–Crippen LogP) is 4.68. The Morgan fingerprint density at radius 3 is 2.27 bits per heavy atom. The average Bonchev–Trinajstić information content (AvgIpc) is 2.41. The Bertz CT molecular complexity index is 678. The maximum atomic E-state index is 11.4. The van der Waals surface area contributed by atoms with Crippen LogP contribution in [0.4, 0.5) is 0 Å². The van der Waals surface area contributed by atoms with E-state index in [1.165, 1.54) is 0 Å². The third kappa shape index (κ3) is 4.39. The van der Waals surface area contributed by atoms with E-state index in [2.05, 4.69) is 0 Å². The molecule has 22 heavy (non-hydrogen) atoms. The summed E-state index contributed by atoms with van der Waals surface area (Å²) in [6.45, 7) is 3.88. The highest BCUT2D eigenvalue weighted by Crippen LogP contribution is 2.24. The van der Waals surface area contributed by atoms with Crippen molar-refractivity contribution in [3.05, 3.63) is 63.1 Å². The van der Waals surface area contributed by atoms with E-state index in [4.69, 9.17) is 27.9 Å². The number of benzene rings is 2. The summed E-state index contributed by atoms with van der Waals surface area (Å²) in [4.78, 5) is 11.4. The summed E-state index contributed by atoms with van der Waals surface area (Å²) in [5.74, 6) is -0.477. The fourth-order valence-corrected chi connectivity index (χ4v) is 2.55. The van der Waals surface area contributed by atoms with E-state index in [1.807, 2.05) is 32.0 Å². The van der Waals surface area contributed by atoms with Crippen molar-refractivity contribution in [3.63, 3.8) is 0 Å². The van der Waals surface area contributed by atoms with Crippen molar-refractivity contribution in [2.24, 2.45) is 0 Å². The van der Waals surface area contributed by atoms with E-state index < -0.39 is 12.1 Å². The van der Waals surface area contributed by atoms with E-state index in [-0.39, 0.29) is 6.42 Å². The van der Waals surface area contributed by atoms with Gasteiger partial charge in [0.25, 0.3) is 0 Å². The highest BCUT2D eigenvalue weighted by atomic mass is 35.5. The quantitative estimate of drug-likeness (QED) is 0.860. The Morgan fingerprint density at radius 2 is 1.73 bits per heavy atom. The normalized spacial score (nSPS) is 12.0. The van der Waals surface area contributed by atoms with Gasteiger partial charge in [0.05, 0.1) is 10.0 Å². The van der Waals surface area contributed by atoms with Crippen molar-refractivity contribution in [3.8, 4) is 5.75 Å². The lowest BCUT2D eigenvalue weighted by Gasteiger charge is -2.16. The summed E-state index contributed by atoms with van der Waals surface area (Å²) >= 11 is 11.8. The van der Waals surface area contributed by atoms with Gasteiger partial charge in [-0.3, -0.25) is 0 Å². The number of hydrogen-bond acceptors (Lipinski definition) is 2. The lowest BCUT2D eigenvalue weighted by Crippen LogP contribution is -2.29. The topological polar surface area (TPSA) is 46.5 Å². The van der Waals surface area contributed by atoms with Gasteiger partial charge in [-0.2, -0.15) is 0 Å². The van der Waals surface area contributed by atoms with Gasteiger partial charge >= 0.3 is 5.97 Å². The minimum atomic E-state index is -1.02. The number of aliphatic carboxylic acids is 1. The maximum Gasteiger partial charge on any atom is 0.345 e. The van der Waals surface area contributed by atoms with Gasteiger partial charge in [0.1, 0.15) is 5.75 Å². The number of aryl methyl sites for hydroxylation is 2. The molecule has 0 aliphatic heterocycles. The summed E-state index contributed by atoms with van der Waals surface area (Å²) < 4.78 is 5.64. The average molecular weight is 339 g/mol. The number of hydrogen-bond donors (Lipinski definition) is 1. The monoisotopic (exact) mass is 338 g/mol. The third-order valence-electron chi connectivity index (χ3n) is 3.15. The largest absolute Gasteiger partial charge is 0.478 e. The summed E-state index contributed by atoms with van der Waals surface area (Å²) in [6, 6.07) is 10.7. The van der Waals surface area contributed by atoms with Gasteiger partial charge < -0.3 is 9.84 Å². The molecule has 0 fully saturated rings. The summed E-state index contributed by atoms with van der Waals surface area (Å²) in [5, 5.41) is 10.2. The summed E-state index contributed by atoms with van der Waals surface area (Å²) in [7, 11) is 0. The van der Waals surface area contributed by atoms with E-state index in [9.17, 15) is 9.90 Å². The molecule has 0 radical (unpaired) electrons. The summed E-state index contributed by atoms with van der Waals surface area (Å²) in [6.07, 6.45) is -0.780. The minimum absolute atomic E-state index is 0.208. The molecule has 0 bridgehead atoms. The predicted molar refractivity (Wildman–Crippen MR) is 88.1 cm³/mol. The number of carboxylic acids is 1. The van der Waals surface area contributed by atoms with Crippen molar-refractivity contribution in [2.75, 3.05) is 0 Å². The van der Waals surface area contributed by atoms with Crippen LogP contribution in [0.5, 0.6) is 5.75 Å². The first-order valence-electron chi connectivity index (χ1n) is 6.77. The first-order valence-corrected chi connectivity index (χ1v) is 7.52. The van der Waals surface area contributed by atoms with E-state index in [0.29, 0.717) is 15.8 Å². The molecule has 2 aromatic carbocycles. The Balaban J connectivity index is 2.19. The van der Waals surface area contributed by atoms with Gasteiger partial charge in [0, 0.05) is 6.42 Å². The molecule has 0 aromatic heterocycles. The van der Waals surface area contributed by atoms with E-state index in [1.54, 1.807) is 18.2 Å². The van der Waals surface area contributed by atoms with Gasteiger partial charge in [-0.15, -0.1) is 0 Å². The van der Waals surface area contributed by atoms with Crippen LogP contribution in [-0.4, -0.2) is 17.2 Å². The van der Waals surface area contributed by atoms with Crippen LogP contribution in [0.25, 0.3) is 0 Å². The van der Waals surface area contributed by atoms with Gasteiger partial charge in [0.2, 0.25) is 0 Å². The molecule has 116 valence electrons. The molecule has 0 saturated carbocycles. The second-order valence-corrected chi connectivity index (χ2v) is 6.04. The van der Waals surface area contributed by atoms with Crippen molar-refractivity contribution in [1.29, 1.82) is 0 Å². The van der Waals surface area contributed by atoms with Crippen LogP contribution in [0.15, 0.2) is 36.4 Å². The number of rotatable bonds is 5. The molecule has 0 aliphatic carbocycles. The standard InChI is InChI=1S/C17H16Cl2O3/c1-10-5-11(2)7-13(6-10)22-16(17(20)21)9-12-3-4-14(18)15(19)8-12/h3-8,16H,9H2,1-2H3,(H,20,21)/t16-/m1/s1. The molecule has 2 rings (SSSR count). The first kappa shape index (κ1) is 16.7. The zero-order valence-corrected chi connectivity index (χ0v) is 13.8. The fourth-order valence-electron chi connectivity index (χ4n) is 2.23. The molecular weight excluding hydrogens is 323 g/mol. The number of carboxylic acid groups (broad SMARTS) is 1. The minimum Gasteiger partial charge on any atom is -0.478 e. The maximum absolute atomic E-state index is 11.4. The second kappa shape index (κ2) is 7.03. The van der Waals surface area contributed by atoms with E-state index in [0.717, 1.165) is 16.7 Å². The SMILES string of the molecule is Cc1cc(C)cc(O[C@H](Cc2ccc(Cl)c(Cl)c2)C(=O)O)c1. The van der Waals surface area contributed by atoms with Gasteiger partial charge in [-0.1, -0.05) is 35.3 Å². The zero-order chi connectivity index (χ0) is 16.3. The van der Waals surface area contributed by atoms with Gasteiger partial charge in [0.15, 0.2) is 6.10 Å². The van der Waals surface area contributed by atoms with Gasteiger partial charge in [-0.25, -0.2) is 4.79 Å². The van der Waals surface area contributed by atoms with Crippen LogP contribution in [0.3, 0.4) is 0 Å². The molecule has 0 unspecified atom stereocenters. The number of halogens is 2. The Labute approximate surface area is 139 Å². The molecule has 3 nitrogen and oxygen atoms in total.